The molecule has 3 aromatic rings. The molecule has 0 fully saturated rings. The van der Waals surface area contributed by atoms with E-state index in [2.05, 4.69) is 4.98 Å². The van der Waals surface area contributed by atoms with Crippen LogP contribution in [-0.4, -0.2) is 9.91 Å². The maximum absolute atomic E-state index is 11.0. The molecule has 0 radical (unpaired) electrons. The molecule has 0 bridgehead atoms. The summed E-state index contributed by atoms with van der Waals surface area (Å²) in [7, 11) is 0. The van der Waals surface area contributed by atoms with Gasteiger partial charge in [0, 0.05) is 23.3 Å². The topological polar surface area (TPSA) is 69.2 Å². The van der Waals surface area contributed by atoms with Crippen molar-refractivity contribution in [3.8, 4) is 11.5 Å². The molecule has 1 aromatic heterocycles. The van der Waals surface area contributed by atoms with Crippen molar-refractivity contribution in [2.45, 2.75) is 20.3 Å². The van der Waals surface area contributed by atoms with Gasteiger partial charge in [0.15, 0.2) is 5.58 Å². The maximum Gasteiger partial charge on any atom is 0.272 e. The Bertz CT molecular complexity index is 837. The largest absolute Gasteiger partial charge is 0.436 e. The van der Waals surface area contributed by atoms with Crippen molar-refractivity contribution in [1.82, 2.24) is 4.98 Å². The Balaban J connectivity index is 2.21. The van der Waals surface area contributed by atoms with Gasteiger partial charge in [0.1, 0.15) is 5.52 Å². The first-order valence-corrected chi connectivity index (χ1v) is 6.73. The average molecular weight is 282 g/mol. The van der Waals surface area contributed by atoms with Crippen molar-refractivity contribution in [2.24, 2.45) is 0 Å². The number of hydrogen-bond donors (Lipinski definition) is 0. The molecule has 1 heterocycles. The van der Waals surface area contributed by atoms with Gasteiger partial charge in [-0.2, -0.15) is 0 Å². The van der Waals surface area contributed by atoms with E-state index in [0.29, 0.717) is 23.4 Å². The first-order valence-electron chi connectivity index (χ1n) is 6.73. The van der Waals surface area contributed by atoms with E-state index in [4.69, 9.17) is 4.42 Å². The van der Waals surface area contributed by atoms with Crippen LogP contribution in [0.1, 0.15) is 18.1 Å². The summed E-state index contributed by atoms with van der Waals surface area (Å²) in [6.45, 7) is 3.93. The number of benzene rings is 2. The molecule has 2 aromatic carbocycles. The van der Waals surface area contributed by atoms with E-state index < -0.39 is 4.92 Å². The smallest absolute Gasteiger partial charge is 0.272 e. The highest BCUT2D eigenvalue weighted by Crippen LogP contribution is 2.30. The van der Waals surface area contributed by atoms with E-state index in [9.17, 15) is 10.1 Å². The molecule has 0 atom stereocenters. The zero-order valence-electron chi connectivity index (χ0n) is 11.8. The zero-order valence-corrected chi connectivity index (χ0v) is 11.8. The highest BCUT2D eigenvalue weighted by molar-refractivity contribution is 5.82. The standard InChI is InChI=1S/C16H14N2O3/c1-3-11-8-13(18(19)20)9-14-15(11)21-16(17-14)12-6-4-5-10(2)7-12/h4-9H,3H2,1-2H3. The van der Waals surface area contributed by atoms with Crippen molar-refractivity contribution >= 4 is 16.8 Å². The van der Waals surface area contributed by atoms with Gasteiger partial charge in [-0.15, -0.1) is 0 Å². The Labute approximate surface area is 121 Å². The molecular formula is C16H14N2O3. The van der Waals surface area contributed by atoms with E-state index in [-0.39, 0.29) is 5.69 Å². The van der Waals surface area contributed by atoms with E-state index >= 15 is 0 Å². The summed E-state index contributed by atoms with van der Waals surface area (Å²) in [6.07, 6.45) is 0.653. The molecule has 0 amide bonds. The van der Waals surface area contributed by atoms with Gasteiger partial charge in [-0.25, -0.2) is 4.98 Å². The molecule has 0 unspecified atom stereocenters. The highest BCUT2D eigenvalue weighted by Gasteiger charge is 2.16. The normalized spacial score (nSPS) is 11.0. The minimum atomic E-state index is -0.403. The summed E-state index contributed by atoms with van der Waals surface area (Å²) in [5.41, 5.74) is 3.97. The molecule has 3 rings (SSSR count). The van der Waals surface area contributed by atoms with Crippen LogP contribution in [0.2, 0.25) is 0 Å². The fourth-order valence-electron chi connectivity index (χ4n) is 2.36. The fraction of sp³-hybridized carbons (Fsp3) is 0.188. The van der Waals surface area contributed by atoms with Gasteiger partial charge in [-0.3, -0.25) is 10.1 Å². The van der Waals surface area contributed by atoms with E-state index in [1.807, 2.05) is 38.1 Å². The summed E-state index contributed by atoms with van der Waals surface area (Å²) in [4.78, 5) is 15.0. The number of oxazole rings is 1. The third-order valence-electron chi connectivity index (χ3n) is 3.41. The van der Waals surface area contributed by atoms with Gasteiger partial charge in [-0.1, -0.05) is 24.6 Å². The lowest BCUT2D eigenvalue weighted by Gasteiger charge is -1.98. The van der Waals surface area contributed by atoms with Gasteiger partial charge in [0.25, 0.3) is 5.69 Å². The number of aromatic nitrogens is 1. The first kappa shape index (κ1) is 13.3. The molecule has 0 saturated heterocycles. The Morgan fingerprint density at radius 3 is 2.76 bits per heavy atom. The monoisotopic (exact) mass is 282 g/mol. The average Bonchev–Trinajstić information content (AvgIpc) is 2.90. The molecule has 0 spiro atoms. The molecule has 106 valence electrons. The number of nitro benzene ring substituents is 1. The SMILES string of the molecule is CCc1cc([N+](=O)[O-])cc2nc(-c3cccc(C)c3)oc12. The van der Waals surface area contributed by atoms with Crippen LogP contribution >= 0.6 is 0 Å². The minimum absolute atomic E-state index is 0.0449. The number of nitrogens with zero attached hydrogens (tertiary/aromatic N) is 2. The Morgan fingerprint density at radius 2 is 2.10 bits per heavy atom. The quantitative estimate of drug-likeness (QED) is 0.531. The predicted octanol–water partition coefficient (Wildman–Crippen LogP) is 4.27. The van der Waals surface area contributed by atoms with E-state index in [0.717, 1.165) is 16.7 Å². The first-order chi connectivity index (χ1) is 10.1. The lowest BCUT2D eigenvalue weighted by atomic mass is 10.1. The van der Waals surface area contributed by atoms with Gasteiger partial charge < -0.3 is 4.42 Å². The van der Waals surface area contributed by atoms with E-state index in [1.54, 1.807) is 6.07 Å². The molecule has 5 heteroatoms. The predicted molar refractivity (Wildman–Crippen MR) is 80.2 cm³/mol. The van der Waals surface area contributed by atoms with Crippen LogP contribution < -0.4 is 0 Å². The van der Waals surface area contributed by atoms with Crippen molar-refractivity contribution in [2.75, 3.05) is 0 Å². The van der Waals surface area contributed by atoms with Gasteiger partial charge in [0.2, 0.25) is 5.89 Å². The molecule has 0 saturated carbocycles. The lowest BCUT2D eigenvalue weighted by molar-refractivity contribution is -0.384. The summed E-state index contributed by atoms with van der Waals surface area (Å²) < 4.78 is 5.83. The highest BCUT2D eigenvalue weighted by atomic mass is 16.6. The van der Waals surface area contributed by atoms with Crippen LogP contribution in [0.3, 0.4) is 0 Å². The Morgan fingerprint density at radius 1 is 1.29 bits per heavy atom. The maximum atomic E-state index is 11.0. The molecular weight excluding hydrogens is 268 g/mol. The van der Waals surface area contributed by atoms with Crippen molar-refractivity contribution in [1.29, 1.82) is 0 Å². The van der Waals surface area contributed by atoms with Crippen molar-refractivity contribution < 1.29 is 9.34 Å². The van der Waals surface area contributed by atoms with Crippen molar-refractivity contribution in [3.63, 3.8) is 0 Å². The second kappa shape index (κ2) is 5.01. The Kier molecular flexibility index (Phi) is 3.17. The third-order valence-corrected chi connectivity index (χ3v) is 3.41. The third kappa shape index (κ3) is 2.38. The van der Waals surface area contributed by atoms with Crippen LogP contribution in [-0.2, 0) is 6.42 Å². The summed E-state index contributed by atoms with van der Waals surface area (Å²) in [5, 5.41) is 11.0. The summed E-state index contributed by atoms with van der Waals surface area (Å²) in [6, 6.07) is 10.8. The molecule has 0 N–H and O–H groups in total. The number of hydrogen-bond acceptors (Lipinski definition) is 4. The number of rotatable bonds is 3. The minimum Gasteiger partial charge on any atom is -0.436 e. The second-order valence-electron chi connectivity index (χ2n) is 4.95. The van der Waals surface area contributed by atoms with Gasteiger partial charge in [-0.05, 0) is 25.5 Å². The molecule has 0 aliphatic carbocycles. The number of non-ortho nitro benzene ring substituents is 1. The number of nitro groups is 1. The van der Waals surface area contributed by atoms with Crippen LogP contribution in [0.5, 0.6) is 0 Å². The molecule has 21 heavy (non-hydrogen) atoms. The number of aryl methyl sites for hydroxylation is 2. The van der Waals surface area contributed by atoms with Crippen LogP contribution in [0.15, 0.2) is 40.8 Å². The van der Waals surface area contributed by atoms with Crippen LogP contribution in [0, 0.1) is 17.0 Å². The van der Waals surface area contributed by atoms with Gasteiger partial charge in [0.05, 0.1) is 4.92 Å². The lowest BCUT2D eigenvalue weighted by Crippen LogP contribution is -1.90. The number of fused-ring (bicyclic) bond motifs is 1. The molecule has 0 aliphatic heterocycles. The van der Waals surface area contributed by atoms with Crippen LogP contribution in [0.4, 0.5) is 5.69 Å². The van der Waals surface area contributed by atoms with E-state index in [1.165, 1.54) is 6.07 Å². The zero-order chi connectivity index (χ0) is 15.0. The van der Waals surface area contributed by atoms with Crippen molar-refractivity contribution in [3.05, 3.63) is 57.6 Å². The fourth-order valence-corrected chi connectivity index (χ4v) is 2.36. The van der Waals surface area contributed by atoms with Crippen LogP contribution in [0.25, 0.3) is 22.6 Å². The summed E-state index contributed by atoms with van der Waals surface area (Å²) in [5.74, 6) is 0.490. The second-order valence-corrected chi connectivity index (χ2v) is 4.95. The molecule has 0 aliphatic rings. The Hall–Kier alpha value is -2.69. The van der Waals surface area contributed by atoms with Gasteiger partial charge >= 0.3 is 0 Å². The summed E-state index contributed by atoms with van der Waals surface area (Å²) >= 11 is 0. The molecule has 5 nitrogen and oxygen atoms in total.